The molecular weight excluding hydrogens is 457 g/mol. The molecule has 0 aliphatic carbocycles. The number of hydrogen-bond acceptors (Lipinski definition) is 0. The number of hydrogen-bond donors (Lipinski definition) is 0. The summed E-state index contributed by atoms with van der Waals surface area (Å²) in [5, 5.41) is 2.58. The molecule has 1 nitrogen and oxygen atoms in total. The van der Waals surface area contributed by atoms with Gasteiger partial charge in [-0.1, -0.05) is 123 Å². The highest BCUT2D eigenvalue weighted by atomic mass is 15.0. The van der Waals surface area contributed by atoms with Crippen molar-refractivity contribution in [1.82, 2.24) is 4.57 Å². The molecule has 0 aliphatic heterocycles. The topological polar surface area (TPSA) is 4.93 Å². The van der Waals surface area contributed by atoms with E-state index in [1.54, 1.807) is 0 Å². The van der Waals surface area contributed by atoms with Crippen LogP contribution in [-0.2, 0) is 0 Å². The lowest BCUT2D eigenvalue weighted by Crippen LogP contribution is -2.56. The molecule has 0 atom stereocenters. The van der Waals surface area contributed by atoms with Crippen molar-refractivity contribution in [2.24, 2.45) is 0 Å². The van der Waals surface area contributed by atoms with Crippen LogP contribution in [0.3, 0.4) is 0 Å². The molecule has 0 unspecified atom stereocenters. The van der Waals surface area contributed by atoms with E-state index in [9.17, 15) is 0 Å². The summed E-state index contributed by atoms with van der Waals surface area (Å²) in [7, 11) is 0. The Kier molecular flexibility index (Phi) is 5.99. The minimum absolute atomic E-state index is 0.118. The van der Waals surface area contributed by atoms with Gasteiger partial charge < -0.3 is 4.57 Å². The number of para-hydroxylation sites is 3. The molecule has 0 radical (unpaired) electrons. The highest BCUT2D eigenvalue weighted by Crippen LogP contribution is 2.31. The van der Waals surface area contributed by atoms with Gasteiger partial charge in [-0.25, -0.2) is 0 Å². The standard InChI is InChI=1S/C36H34BN/c1-23-19-25(3)35(26(4)20-23)37(36-27(5)21-24(2)22-28(36)6)31-15-9-12-18-34(31)38-32-16-10-7-13-29(32)30-14-8-11-17-33(30)38/h7-22H,1-6H3. The van der Waals surface area contributed by atoms with Crippen molar-refractivity contribution in [3.8, 4) is 5.69 Å². The molecule has 6 rings (SSSR count). The Morgan fingerprint density at radius 1 is 0.474 bits per heavy atom. The molecule has 5 aromatic carbocycles. The summed E-state index contributed by atoms with van der Waals surface area (Å²) in [5.41, 5.74) is 15.9. The molecule has 0 amide bonds. The highest BCUT2D eigenvalue weighted by Gasteiger charge is 2.31. The van der Waals surface area contributed by atoms with Crippen LogP contribution in [0.2, 0.25) is 0 Å². The number of nitrogens with zero attached hydrogens (tertiary/aromatic N) is 1. The van der Waals surface area contributed by atoms with E-state index in [0.717, 1.165) is 0 Å². The number of aromatic nitrogens is 1. The maximum absolute atomic E-state index is 2.48. The van der Waals surface area contributed by atoms with Gasteiger partial charge >= 0.3 is 0 Å². The summed E-state index contributed by atoms with van der Waals surface area (Å²) in [6.45, 7) is 13.6. The molecule has 38 heavy (non-hydrogen) atoms. The largest absolute Gasteiger partial charge is 0.310 e. The van der Waals surface area contributed by atoms with Crippen molar-refractivity contribution in [2.45, 2.75) is 41.5 Å². The van der Waals surface area contributed by atoms with Gasteiger partial charge in [0, 0.05) is 16.5 Å². The third-order valence-electron chi connectivity index (χ3n) is 8.12. The van der Waals surface area contributed by atoms with Gasteiger partial charge in [0.25, 0.3) is 0 Å². The Labute approximate surface area is 226 Å². The smallest absolute Gasteiger partial charge is 0.245 e. The van der Waals surface area contributed by atoms with E-state index in [1.807, 2.05) is 0 Å². The highest BCUT2D eigenvalue weighted by molar-refractivity contribution is 6.97. The van der Waals surface area contributed by atoms with Gasteiger partial charge in [-0.3, -0.25) is 0 Å². The molecule has 2 heteroatoms. The van der Waals surface area contributed by atoms with Crippen molar-refractivity contribution >= 4 is 44.9 Å². The lowest BCUT2D eigenvalue weighted by Gasteiger charge is -2.27. The summed E-state index contributed by atoms with van der Waals surface area (Å²) in [6.07, 6.45) is 0. The average Bonchev–Trinajstić information content (AvgIpc) is 3.21. The van der Waals surface area contributed by atoms with E-state index < -0.39 is 0 Å². The lowest BCUT2D eigenvalue weighted by atomic mass is 9.34. The minimum Gasteiger partial charge on any atom is -0.310 e. The van der Waals surface area contributed by atoms with E-state index in [-0.39, 0.29) is 6.71 Å². The van der Waals surface area contributed by atoms with Crippen LogP contribution < -0.4 is 16.4 Å². The molecule has 1 aromatic heterocycles. The zero-order valence-electron chi connectivity index (χ0n) is 23.3. The maximum Gasteiger partial charge on any atom is 0.245 e. The van der Waals surface area contributed by atoms with Crippen LogP contribution in [0.25, 0.3) is 27.5 Å². The van der Waals surface area contributed by atoms with Gasteiger partial charge in [0.05, 0.1) is 11.0 Å². The van der Waals surface area contributed by atoms with Crippen LogP contribution in [0.5, 0.6) is 0 Å². The maximum atomic E-state index is 2.48. The predicted octanol–water partition coefficient (Wildman–Crippen LogP) is 7.15. The average molecular weight is 491 g/mol. The molecule has 0 N–H and O–H groups in total. The molecule has 0 saturated carbocycles. The fourth-order valence-electron chi connectivity index (χ4n) is 6.87. The second kappa shape index (κ2) is 9.37. The number of rotatable bonds is 4. The molecule has 0 aliphatic rings. The van der Waals surface area contributed by atoms with E-state index in [1.165, 1.54) is 77.3 Å². The van der Waals surface area contributed by atoms with Crippen molar-refractivity contribution in [1.29, 1.82) is 0 Å². The second-order valence-corrected chi connectivity index (χ2v) is 11.0. The Balaban J connectivity index is 1.75. The van der Waals surface area contributed by atoms with Gasteiger partial charge in [0.1, 0.15) is 0 Å². The third kappa shape index (κ3) is 3.87. The van der Waals surface area contributed by atoms with E-state index >= 15 is 0 Å². The molecule has 6 aromatic rings. The van der Waals surface area contributed by atoms with Crippen LogP contribution in [-0.4, -0.2) is 11.3 Å². The lowest BCUT2D eigenvalue weighted by molar-refractivity contribution is 1.19. The van der Waals surface area contributed by atoms with E-state index in [0.29, 0.717) is 0 Å². The van der Waals surface area contributed by atoms with Gasteiger partial charge in [0.15, 0.2) is 0 Å². The number of benzene rings is 5. The first-order valence-electron chi connectivity index (χ1n) is 13.6. The van der Waals surface area contributed by atoms with Gasteiger partial charge in [0.2, 0.25) is 6.71 Å². The molecule has 0 spiro atoms. The first kappa shape index (κ1) is 24.3. The Bertz CT molecular complexity index is 1680. The second-order valence-electron chi connectivity index (χ2n) is 11.0. The Hall–Kier alpha value is -4.04. The summed E-state index contributed by atoms with van der Waals surface area (Å²) < 4.78 is 2.48. The van der Waals surface area contributed by atoms with E-state index in [2.05, 4.69) is 143 Å². The predicted molar refractivity (Wildman–Crippen MR) is 167 cm³/mol. The van der Waals surface area contributed by atoms with E-state index in [4.69, 9.17) is 0 Å². The summed E-state index contributed by atoms with van der Waals surface area (Å²) in [6, 6.07) is 36.0. The van der Waals surface area contributed by atoms with Gasteiger partial charge in [-0.05, 0) is 65.2 Å². The van der Waals surface area contributed by atoms with Crippen LogP contribution in [0.15, 0.2) is 97.1 Å². The Morgan fingerprint density at radius 3 is 1.34 bits per heavy atom. The van der Waals surface area contributed by atoms with Crippen molar-refractivity contribution in [3.63, 3.8) is 0 Å². The fraction of sp³-hybridized carbons (Fsp3) is 0.167. The normalized spacial score (nSPS) is 11.4. The Morgan fingerprint density at radius 2 is 0.868 bits per heavy atom. The van der Waals surface area contributed by atoms with Crippen LogP contribution in [0, 0.1) is 41.5 Å². The van der Waals surface area contributed by atoms with Crippen LogP contribution in [0.1, 0.15) is 33.4 Å². The molecular formula is C36H34BN. The SMILES string of the molecule is Cc1cc(C)c(B(c2ccccc2-n2c3ccccc3c3ccccc32)c2c(C)cc(C)cc2C)c(C)c1. The quantitative estimate of drug-likeness (QED) is 0.231. The summed E-state index contributed by atoms with van der Waals surface area (Å²) >= 11 is 0. The minimum atomic E-state index is 0.118. The fourth-order valence-corrected chi connectivity index (χ4v) is 6.87. The van der Waals surface area contributed by atoms with Gasteiger partial charge in [-0.15, -0.1) is 0 Å². The van der Waals surface area contributed by atoms with Crippen molar-refractivity contribution < 1.29 is 0 Å². The number of fused-ring (bicyclic) bond motifs is 3. The van der Waals surface area contributed by atoms with Crippen molar-refractivity contribution in [2.75, 3.05) is 0 Å². The first-order chi connectivity index (χ1) is 18.3. The third-order valence-corrected chi connectivity index (χ3v) is 8.12. The van der Waals surface area contributed by atoms with Crippen LogP contribution in [0.4, 0.5) is 0 Å². The monoisotopic (exact) mass is 491 g/mol. The van der Waals surface area contributed by atoms with Crippen LogP contribution >= 0.6 is 0 Å². The summed E-state index contributed by atoms with van der Waals surface area (Å²) in [5.74, 6) is 0. The van der Waals surface area contributed by atoms with Gasteiger partial charge in [-0.2, -0.15) is 0 Å². The summed E-state index contributed by atoms with van der Waals surface area (Å²) in [4.78, 5) is 0. The molecule has 1 heterocycles. The zero-order chi connectivity index (χ0) is 26.6. The molecule has 186 valence electrons. The molecule has 0 saturated heterocycles. The molecule has 0 bridgehead atoms. The first-order valence-corrected chi connectivity index (χ1v) is 13.6. The molecule has 0 fully saturated rings. The number of aryl methyl sites for hydroxylation is 6. The zero-order valence-corrected chi connectivity index (χ0v) is 23.3. The van der Waals surface area contributed by atoms with Crippen molar-refractivity contribution in [3.05, 3.63) is 130 Å².